The molecule has 1 amide bonds. The highest BCUT2D eigenvalue weighted by atomic mass is 16.5. The number of aliphatic hydroxyl groups excluding tert-OH is 1. The quantitative estimate of drug-likeness (QED) is 0.0356. The molecule has 0 saturated carbocycles. The first-order chi connectivity index (χ1) is 31.6. The van der Waals surface area contributed by atoms with Crippen LogP contribution in [0.25, 0.3) is 0 Å². The maximum atomic E-state index is 12.8. The SMILES string of the molecule is C=C(CCCCCCCN(CCCCCCCC(=O)OC(CCCCCCCC)CCCCCCCC)CCCNC(=O)C(C)CO)OCCC(CCCC)CCCC.CCCC(C)=O. The number of allylic oxidation sites excluding steroid dienone is 1. The molecule has 65 heavy (non-hydrogen) atoms. The third-order valence-electron chi connectivity index (χ3n) is 12.9. The highest BCUT2D eigenvalue weighted by Crippen LogP contribution is 2.22. The lowest BCUT2D eigenvalue weighted by molar-refractivity contribution is -0.150. The summed E-state index contributed by atoms with van der Waals surface area (Å²) in [5.74, 6) is 1.65. The lowest BCUT2D eigenvalue weighted by atomic mass is 9.93. The van der Waals surface area contributed by atoms with Gasteiger partial charge in [-0.2, -0.15) is 0 Å². The predicted octanol–water partition coefficient (Wildman–Crippen LogP) is 15.8. The Labute approximate surface area is 404 Å². The lowest BCUT2D eigenvalue weighted by Gasteiger charge is -2.22. The number of ketones is 1. The Bertz CT molecular complexity index is 1030. The molecular weight excluding hydrogens is 809 g/mol. The fraction of sp³-hybridized carbons (Fsp3) is 0.912. The first kappa shape index (κ1) is 65.2. The average Bonchev–Trinajstić information content (AvgIpc) is 3.29. The van der Waals surface area contributed by atoms with Crippen LogP contribution < -0.4 is 5.32 Å². The number of hydrogen-bond acceptors (Lipinski definition) is 7. The molecule has 0 aliphatic heterocycles. The predicted molar refractivity (Wildman–Crippen MR) is 279 cm³/mol. The van der Waals surface area contributed by atoms with Crippen molar-refractivity contribution in [3.05, 3.63) is 12.3 Å². The lowest BCUT2D eigenvalue weighted by Crippen LogP contribution is -2.34. The summed E-state index contributed by atoms with van der Waals surface area (Å²) in [5.41, 5.74) is 0. The summed E-state index contributed by atoms with van der Waals surface area (Å²) in [6.07, 6.45) is 42.3. The Morgan fingerprint density at radius 1 is 0.538 bits per heavy atom. The number of carbonyl (C=O) groups excluding carboxylic acids is 3. The van der Waals surface area contributed by atoms with Crippen LogP contribution in [0.4, 0.5) is 0 Å². The minimum atomic E-state index is -0.355. The Morgan fingerprint density at radius 2 is 1.00 bits per heavy atom. The molecule has 0 aromatic rings. The molecule has 386 valence electrons. The molecule has 1 atom stereocenters. The summed E-state index contributed by atoms with van der Waals surface area (Å²) in [7, 11) is 0. The number of ether oxygens (including phenoxy) is 2. The number of unbranched alkanes of at least 4 members (excludes halogenated alkanes) is 20. The molecule has 0 aromatic carbocycles. The second-order valence-electron chi connectivity index (χ2n) is 19.6. The van der Waals surface area contributed by atoms with Gasteiger partial charge in [0.25, 0.3) is 0 Å². The van der Waals surface area contributed by atoms with Crippen molar-refractivity contribution < 1.29 is 29.0 Å². The summed E-state index contributed by atoms with van der Waals surface area (Å²) < 4.78 is 12.1. The van der Waals surface area contributed by atoms with E-state index in [1.54, 1.807) is 13.8 Å². The number of Topliss-reactive ketones (excluding diaryl/α,β-unsaturated/α-hetero) is 1. The molecule has 8 nitrogen and oxygen atoms in total. The highest BCUT2D eigenvalue weighted by Gasteiger charge is 2.15. The van der Waals surface area contributed by atoms with Crippen LogP contribution in [0.5, 0.6) is 0 Å². The summed E-state index contributed by atoms with van der Waals surface area (Å²) >= 11 is 0. The van der Waals surface area contributed by atoms with Gasteiger partial charge in [0, 0.05) is 25.8 Å². The summed E-state index contributed by atoms with van der Waals surface area (Å²) in [5, 5.41) is 12.3. The number of nitrogens with one attached hydrogen (secondary N) is 1. The first-order valence-electron chi connectivity index (χ1n) is 28.2. The Morgan fingerprint density at radius 3 is 1.48 bits per heavy atom. The third kappa shape index (κ3) is 48.3. The molecule has 8 heteroatoms. The van der Waals surface area contributed by atoms with E-state index in [0.717, 1.165) is 109 Å². The fourth-order valence-corrected chi connectivity index (χ4v) is 8.45. The van der Waals surface area contributed by atoms with Crippen LogP contribution in [0.15, 0.2) is 12.3 Å². The van der Waals surface area contributed by atoms with Crippen LogP contribution >= 0.6 is 0 Å². The van der Waals surface area contributed by atoms with Crippen molar-refractivity contribution in [1.29, 1.82) is 0 Å². The van der Waals surface area contributed by atoms with Crippen LogP contribution in [0, 0.1) is 11.8 Å². The Balaban J connectivity index is 0. The maximum Gasteiger partial charge on any atom is 0.306 e. The minimum absolute atomic E-state index is 0.0147. The highest BCUT2D eigenvalue weighted by molar-refractivity contribution is 5.78. The largest absolute Gasteiger partial charge is 0.499 e. The van der Waals surface area contributed by atoms with Crippen molar-refractivity contribution in [3.63, 3.8) is 0 Å². The Hall–Kier alpha value is -1.93. The van der Waals surface area contributed by atoms with Gasteiger partial charge in [-0.05, 0) is 103 Å². The number of amides is 1. The minimum Gasteiger partial charge on any atom is -0.499 e. The van der Waals surface area contributed by atoms with Crippen molar-refractivity contribution in [2.24, 2.45) is 11.8 Å². The van der Waals surface area contributed by atoms with Crippen LogP contribution in [-0.2, 0) is 23.9 Å². The van der Waals surface area contributed by atoms with Crippen LogP contribution in [-0.4, -0.2) is 73.2 Å². The molecule has 0 heterocycles. The number of esters is 1. The zero-order chi connectivity index (χ0) is 48.4. The molecule has 0 aliphatic rings. The van der Waals surface area contributed by atoms with Gasteiger partial charge in [0.05, 0.1) is 24.9 Å². The van der Waals surface area contributed by atoms with E-state index in [1.165, 1.54) is 154 Å². The molecule has 1 unspecified atom stereocenters. The topological polar surface area (TPSA) is 105 Å². The van der Waals surface area contributed by atoms with Crippen molar-refractivity contribution >= 4 is 17.7 Å². The summed E-state index contributed by atoms with van der Waals surface area (Å²) in [6, 6.07) is 0. The van der Waals surface area contributed by atoms with E-state index in [0.29, 0.717) is 13.0 Å². The number of nitrogens with zero attached hydrogens (tertiary/aromatic N) is 1. The molecule has 0 spiro atoms. The maximum absolute atomic E-state index is 12.8. The van der Waals surface area contributed by atoms with Crippen molar-refractivity contribution in [2.45, 2.75) is 286 Å². The first-order valence-corrected chi connectivity index (χ1v) is 28.2. The summed E-state index contributed by atoms with van der Waals surface area (Å²) in [4.78, 5) is 37.6. The van der Waals surface area contributed by atoms with Gasteiger partial charge in [0.15, 0.2) is 0 Å². The van der Waals surface area contributed by atoms with Gasteiger partial charge in [-0.3, -0.25) is 9.59 Å². The van der Waals surface area contributed by atoms with E-state index in [9.17, 15) is 19.5 Å². The zero-order valence-electron chi connectivity index (χ0n) is 44.6. The Kier molecular flexibility index (Phi) is 51.6. The molecular formula is C57H112N2O6. The van der Waals surface area contributed by atoms with Gasteiger partial charge < -0.3 is 29.6 Å². The molecule has 0 aromatic heterocycles. The molecule has 0 aliphatic carbocycles. The monoisotopic (exact) mass is 921 g/mol. The number of carbonyl (C=O) groups is 3. The van der Waals surface area contributed by atoms with Gasteiger partial charge in [0.1, 0.15) is 11.9 Å². The second kappa shape index (κ2) is 51.5. The van der Waals surface area contributed by atoms with E-state index in [-0.39, 0.29) is 36.3 Å². The van der Waals surface area contributed by atoms with Gasteiger partial charge in [-0.25, -0.2) is 0 Å². The number of aliphatic hydroxyl groups is 1. The average molecular weight is 922 g/mol. The van der Waals surface area contributed by atoms with Crippen LogP contribution in [0.3, 0.4) is 0 Å². The zero-order valence-corrected chi connectivity index (χ0v) is 44.6. The molecule has 0 radical (unpaired) electrons. The molecule has 0 saturated heterocycles. The van der Waals surface area contributed by atoms with Crippen LogP contribution in [0.1, 0.15) is 280 Å². The van der Waals surface area contributed by atoms with Crippen molar-refractivity contribution in [2.75, 3.05) is 39.4 Å². The van der Waals surface area contributed by atoms with Gasteiger partial charge in [0.2, 0.25) is 5.91 Å². The van der Waals surface area contributed by atoms with E-state index in [2.05, 4.69) is 44.5 Å². The van der Waals surface area contributed by atoms with E-state index < -0.39 is 0 Å². The van der Waals surface area contributed by atoms with E-state index >= 15 is 0 Å². The summed E-state index contributed by atoms with van der Waals surface area (Å²) in [6.45, 7) is 23.2. The molecule has 0 bridgehead atoms. The molecule has 2 N–H and O–H groups in total. The van der Waals surface area contributed by atoms with Gasteiger partial charge in [-0.15, -0.1) is 0 Å². The van der Waals surface area contributed by atoms with Crippen molar-refractivity contribution in [3.8, 4) is 0 Å². The van der Waals surface area contributed by atoms with Crippen LogP contribution in [0.2, 0.25) is 0 Å². The molecule has 0 rings (SSSR count). The molecule has 0 fully saturated rings. The second-order valence-corrected chi connectivity index (χ2v) is 19.6. The van der Waals surface area contributed by atoms with Crippen molar-refractivity contribution in [1.82, 2.24) is 10.2 Å². The van der Waals surface area contributed by atoms with Gasteiger partial charge in [-0.1, -0.05) is 189 Å². The normalized spacial score (nSPS) is 11.8. The van der Waals surface area contributed by atoms with Gasteiger partial charge >= 0.3 is 5.97 Å². The standard InChI is InChI=1S/C52H102N2O5.C5H10O/c1-7-11-15-17-22-28-37-50(38-29-23-18-16-12-8-2)59-51(56)39-30-24-20-26-32-43-54(44-33-41-53-52(57)47(5)46-55)42-31-25-19-21-27-34-48(6)58-45-40-49(35-13-9-3)36-14-10-4;1-3-4-5(2)6/h47,49-50,55H,6-46H2,1-5H3,(H,53,57);3-4H2,1-2H3. The fourth-order valence-electron chi connectivity index (χ4n) is 8.45. The third-order valence-corrected chi connectivity index (χ3v) is 12.9. The van der Waals surface area contributed by atoms with E-state index in [4.69, 9.17) is 9.47 Å². The number of hydrogen-bond donors (Lipinski definition) is 2. The smallest absolute Gasteiger partial charge is 0.306 e. The number of rotatable bonds is 49. The van der Waals surface area contributed by atoms with E-state index in [1.807, 2.05) is 6.92 Å².